The summed E-state index contributed by atoms with van der Waals surface area (Å²) in [6, 6.07) is 9.08. The summed E-state index contributed by atoms with van der Waals surface area (Å²) < 4.78 is 11.1. The standard InChI is InChI=1S/C22H25N3O4S/c1-3-13-10-15(18(27)12-17(13)26)21-20(22(30)24-23-21)14-4-5-19(28-2)16(11-14)25-6-8-29-9-7-25/h4-5,10-12,26-27H,3,6-9H2,1-2H3,(H2,23,24,30). The molecule has 1 fully saturated rings. The van der Waals surface area contributed by atoms with Gasteiger partial charge in [0, 0.05) is 30.3 Å². The number of nitrogens with zero attached hydrogens (tertiary/aromatic N) is 2. The minimum Gasteiger partial charge on any atom is -0.508 e. The highest BCUT2D eigenvalue weighted by molar-refractivity contribution is 7.80. The van der Waals surface area contributed by atoms with Crippen molar-refractivity contribution in [2.45, 2.75) is 18.4 Å². The fourth-order valence-corrected chi connectivity index (χ4v) is 4.09. The Bertz CT molecular complexity index is 1060. The zero-order chi connectivity index (χ0) is 21.3. The normalized spacial score (nSPS) is 14.2. The van der Waals surface area contributed by atoms with Crippen LogP contribution in [0.2, 0.25) is 0 Å². The maximum Gasteiger partial charge on any atom is 0.142 e. The first-order valence-corrected chi connectivity index (χ1v) is 10.3. The van der Waals surface area contributed by atoms with Crippen molar-refractivity contribution >= 4 is 18.3 Å². The molecule has 0 bridgehead atoms. The van der Waals surface area contributed by atoms with E-state index in [0.29, 0.717) is 35.9 Å². The van der Waals surface area contributed by atoms with Crippen LogP contribution in [-0.4, -0.2) is 53.8 Å². The molecule has 0 unspecified atom stereocenters. The van der Waals surface area contributed by atoms with Crippen LogP contribution >= 0.6 is 12.6 Å². The van der Waals surface area contributed by atoms with E-state index in [1.165, 1.54) is 6.07 Å². The molecule has 1 aliphatic rings. The van der Waals surface area contributed by atoms with Gasteiger partial charge in [0.05, 0.1) is 31.7 Å². The molecule has 0 amide bonds. The first-order chi connectivity index (χ1) is 14.5. The van der Waals surface area contributed by atoms with Gasteiger partial charge in [-0.1, -0.05) is 13.0 Å². The van der Waals surface area contributed by atoms with Gasteiger partial charge in [-0.2, -0.15) is 5.10 Å². The number of benzene rings is 2. The Morgan fingerprint density at radius 1 is 1.17 bits per heavy atom. The van der Waals surface area contributed by atoms with Crippen LogP contribution in [-0.2, 0) is 11.2 Å². The third kappa shape index (κ3) is 3.68. The molecule has 3 aromatic rings. The summed E-state index contributed by atoms with van der Waals surface area (Å²) in [6.07, 6.45) is 0.639. The van der Waals surface area contributed by atoms with E-state index >= 15 is 0 Å². The maximum atomic E-state index is 10.5. The van der Waals surface area contributed by atoms with Crippen molar-refractivity contribution < 1.29 is 19.7 Å². The molecule has 2 aromatic carbocycles. The Morgan fingerprint density at radius 2 is 1.93 bits per heavy atom. The summed E-state index contributed by atoms with van der Waals surface area (Å²) in [4.78, 5) is 2.23. The monoisotopic (exact) mass is 427 g/mol. The number of morpholine rings is 1. The number of aryl methyl sites for hydroxylation is 1. The van der Waals surface area contributed by atoms with Gasteiger partial charge < -0.3 is 24.6 Å². The van der Waals surface area contributed by atoms with Gasteiger partial charge in [0.2, 0.25) is 0 Å². The molecule has 30 heavy (non-hydrogen) atoms. The summed E-state index contributed by atoms with van der Waals surface area (Å²) in [5.41, 5.74) is 4.60. The van der Waals surface area contributed by atoms with Gasteiger partial charge in [-0.25, -0.2) is 0 Å². The molecule has 3 N–H and O–H groups in total. The number of H-pyrrole nitrogens is 1. The molecular weight excluding hydrogens is 402 g/mol. The predicted octanol–water partition coefficient (Wildman–Crippen LogP) is 3.85. The highest BCUT2D eigenvalue weighted by Crippen LogP contribution is 2.43. The Labute approximate surface area is 180 Å². The summed E-state index contributed by atoms with van der Waals surface area (Å²) in [7, 11) is 1.66. The number of hydrogen-bond donors (Lipinski definition) is 4. The molecule has 7 nitrogen and oxygen atoms in total. The molecule has 8 heteroatoms. The lowest BCUT2D eigenvalue weighted by Crippen LogP contribution is -2.36. The van der Waals surface area contributed by atoms with Gasteiger partial charge in [-0.3, -0.25) is 5.10 Å². The average molecular weight is 428 g/mol. The van der Waals surface area contributed by atoms with Gasteiger partial charge in [0.15, 0.2) is 0 Å². The molecular formula is C22H25N3O4S. The van der Waals surface area contributed by atoms with Crippen LogP contribution in [0.1, 0.15) is 12.5 Å². The molecule has 0 atom stereocenters. The Morgan fingerprint density at radius 3 is 2.63 bits per heavy atom. The minimum absolute atomic E-state index is 0.0233. The van der Waals surface area contributed by atoms with Crippen LogP contribution in [0, 0.1) is 0 Å². The summed E-state index contributed by atoms with van der Waals surface area (Å²) >= 11 is 4.56. The summed E-state index contributed by atoms with van der Waals surface area (Å²) in [5, 5.41) is 28.4. The van der Waals surface area contributed by atoms with Crippen molar-refractivity contribution in [1.82, 2.24) is 10.2 Å². The van der Waals surface area contributed by atoms with Crippen molar-refractivity contribution in [3.63, 3.8) is 0 Å². The van der Waals surface area contributed by atoms with E-state index in [-0.39, 0.29) is 11.5 Å². The molecule has 1 saturated heterocycles. The fourth-order valence-electron chi connectivity index (χ4n) is 3.80. The first kappa shape index (κ1) is 20.4. The highest BCUT2D eigenvalue weighted by Gasteiger charge is 2.22. The zero-order valence-corrected chi connectivity index (χ0v) is 17.9. The van der Waals surface area contributed by atoms with Gasteiger partial charge in [0.1, 0.15) is 22.3 Å². The Kier molecular flexibility index (Phi) is 5.78. The van der Waals surface area contributed by atoms with Gasteiger partial charge >= 0.3 is 0 Å². The number of aromatic hydroxyl groups is 2. The largest absolute Gasteiger partial charge is 0.508 e. The fraction of sp³-hybridized carbons (Fsp3) is 0.318. The molecule has 4 rings (SSSR count). The van der Waals surface area contributed by atoms with E-state index in [1.807, 2.05) is 19.1 Å². The van der Waals surface area contributed by atoms with E-state index in [0.717, 1.165) is 41.2 Å². The lowest BCUT2D eigenvalue weighted by Gasteiger charge is -2.30. The minimum atomic E-state index is -0.0233. The lowest BCUT2D eigenvalue weighted by atomic mass is 9.97. The number of phenolic OH excluding ortho intramolecular Hbond substituents is 2. The number of aromatic amines is 1. The second-order valence-electron chi connectivity index (χ2n) is 7.13. The van der Waals surface area contributed by atoms with Crippen LogP contribution in [0.25, 0.3) is 22.4 Å². The molecule has 1 aromatic heterocycles. The molecule has 158 valence electrons. The Hall–Kier alpha value is -2.84. The molecule has 0 radical (unpaired) electrons. The molecule has 2 heterocycles. The number of aromatic nitrogens is 2. The number of phenols is 2. The lowest BCUT2D eigenvalue weighted by molar-refractivity contribution is 0.122. The average Bonchev–Trinajstić information content (AvgIpc) is 3.15. The van der Waals surface area contributed by atoms with Gasteiger partial charge in [-0.05, 0) is 35.7 Å². The third-order valence-electron chi connectivity index (χ3n) is 5.41. The van der Waals surface area contributed by atoms with E-state index in [4.69, 9.17) is 9.47 Å². The number of hydrogen-bond acceptors (Lipinski definition) is 7. The zero-order valence-electron chi connectivity index (χ0n) is 17.0. The number of rotatable bonds is 5. The topological polar surface area (TPSA) is 90.8 Å². The Balaban J connectivity index is 1.84. The van der Waals surface area contributed by atoms with E-state index < -0.39 is 0 Å². The van der Waals surface area contributed by atoms with E-state index in [1.54, 1.807) is 13.2 Å². The first-order valence-electron chi connectivity index (χ1n) is 9.87. The second kappa shape index (κ2) is 8.49. The number of anilines is 1. The van der Waals surface area contributed by atoms with Crippen molar-refractivity contribution in [3.05, 3.63) is 35.9 Å². The summed E-state index contributed by atoms with van der Waals surface area (Å²) in [5.74, 6) is 0.835. The molecule has 0 aliphatic carbocycles. The predicted molar refractivity (Wildman–Crippen MR) is 119 cm³/mol. The maximum absolute atomic E-state index is 10.5. The van der Waals surface area contributed by atoms with Crippen LogP contribution < -0.4 is 9.64 Å². The highest BCUT2D eigenvalue weighted by atomic mass is 32.1. The molecule has 0 spiro atoms. The molecule has 1 aliphatic heterocycles. The van der Waals surface area contributed by atoms with Crippen LogP contribution in [0.4, 0.5) is 5.69 Å². The second-order valence-corrected chi connectivity index (χ2v) is 7.56. The van der Waals surface area contributed by atoms with Crippen molar-refractivity contribution in [3.8, 4) is 39.6 Å². The number of ether oxygens (including phenoxy) is 2. The quantitative estimate of drug-likeness (QED) is 0.463. The number of nitrogens with one attached hydrogen (secondary N) is 1. The van der Waals surface area contributed by atoms with Crippen molar-refractivity contribution in [2.75, 3.05) is 38.3 Å². The van der Waals surface area contributed by atoms with Gasteiger partial charge in [-0.15, -0.1) is 12.6 Å². The summed E-state index contributed by atoms with van der Waals surface area (Å²) in [6.45, 7) is 4.85. The van der Waals surface area contributed by atoms with Crippen LogP contribution in [0.3, 0.4) is 0 Å². The van der Waals surface area contributed by atoms with Crippen molar-refractivity contribution in [1.29, 1.82) is 0 Å². The molecule has 0 saturated carbocycles. The number of thiol groups is 1. The van der Waals surface area contributed by atoms with E-state index in [2.05, 4.69) is 33.8 Å². The van der Waals surface area contributed by atoms with Crippen LogP contribution in [0.15, 0.2) is 35.4 Å². The van der Waals surface area contributed by atoms with Crippen LogP contribution in [0.5, 0.6) is 17.2 Å². The third-order valence-corrected chi connectivity index (χ3v) is 5.74. The smallest absolute Gasteiger partial charge is 0.142 e. The SMILES string of the molecule is CCc1cc(-c2[nH]nc(S)c2-c2ccc(OC)c(N3CCOCC3)c2)c(O)cc1O. The van der Waals surface area contributed by atoms with E-state index in [9.17, 15) is 10.2 Å². The van der Waals surface area contributed by atoms with Crippen molar-refractivity contribution in [2.24, 2.45) is 0 Å². The van der Waals surface area contributed by atoms with Gasteiger partial charge in [0.25, 0.3) is 0 Å². The number of methoxy groups -OCH3 is 1.